The lowest BCUT2D eigenvalue weighted by Crippen LogP contribution is -2.14. The average molecular weight is 257 g/mol. The van der Waals surface area contributed by atoms with Gasteiger partial charge in [-0.1, -0.05) is 24.6 Å². The smallest absolute Gasteiger partial charge is 0.257 e. The molecule has 0 spiro atoms. The van der Waals surface area contributed by atoms with Gasteiger partial charge in [-0.2, -0.15) is 5.10 Å². The minimum Gasteiger partial charge on any atom is -0.305 e. The Morgan fingerprint density at radius 1 is 1.32 bits per heavy atom. The lowest BCUT2D eigenvalue weighted by molar-refractivity contribution is 0.102. The number of hydrogen-bond donors (Lipinski definition) is 1. The lowest BCUT2D eigenvalue weighted by atomic mass is 10.1. The van der Waals surface area contributed by atoms with Gasteiger partial charge in [0.05, 0.1) is 0 Å². The van der Waals surface area contributed by atoms with Crippen LogP contribution in [-0.2, 0) is 6.54 Å². The molecule has 4 heteroatoms. The van der Waals surface area contributed by atoms with Crippen LogP contribution in [0.3, 0.4) is 0 Å². The third-order valence-corrected chi connectivity index (χ3v) is 2.96. The van der Waals surface area contributed by atoms with Gasteiger partial charge in [0, 0.05) is 24.4 Å². The second-order valence-electron chi connectivity index (χ2n) is 4.74. The van der Waals surface area contributed by atoms with E-state index >= 15 is 0 Å². The maximum Gasteiger partial charge on any atom is 0.257 e. The molecule has 2 aromatic rings. The van der Waals surface area contributed by atoms with E-state index in [4.69, 9.17) is 0 Å². The molecule has 1 aromatic heterocycles. The normalized spacial score (nSPS) is 10.5. The molecule has 0 aliphatic carbocycles. The zero-order valence-electron chi connectivity index (χ0n) is 11.6. The molecule has 4 nitrogen and oxygen atoms in total. The summed E-state index contributed by atoms with van der Waals surface area (Å²) in [6.45, 7) is 6.91. The lowest BCUT2D eigenvalue weighted by Gasteiger charge is -2.06. The number of hydrogen-bond acceptors (Lipinski definition) is 2. The summed E-state index contributed by atoms with van der Waals surface area (Å²) in [5.41, 5.74) is 2.82. The highest BCUT2D eigenvalue weighted by Gasteiger charge is 2.10. The predicted octanol–water partition coefficient (Wildman–Crippen LogP) is 3.16. The first kappa shape index (κ1) is 13.3. The van der Waals surface area contributed by atoms with E-state index in [0.29, 0.717) is 11.4 Å². The van der Waals surface area contributed by atoms with Crippen LogP contribution in [0.25, 0.3) is 0 Å². The van der Waals surface area contributed by atoms with E-state index in [-0.39, 0.29) is 5.91 Å². The van der Waals surface area contributed by atoms with Crippen molar-refractivity contribution in [2.45, 2.75) is 33.7 Å². The molecule has 0 saturated heterocycles. The molecule has 0 unspecified atom stereocenters. The number of nitrogens with one attached hydrogen (secondary N) is 1. The van der Waals surface area contributed by atoms with Gasteiger partial charge in [0.15, 0.2) is 5.82 Å². The summed E-state index contributed by atoms with van der Waals surface area (Å²) in [6, 6.07) is 7.61. The van der Waals surface area contributed by atoms with Gasteiger partial charge in [0.2, 0.25) is 0 Å². The van der Waals surface area contributed by atoms with Crippen molar-refractivity contribution < 1.29 is 4.79 Å². The van der Waals surface area contributed by atoms with Crippen molar-refractivity contribution in [3.05, 3.63) is 47.2 Å². The fourth-order valence-electron chi connectivity index (χ4n) is 2.03. The Morgan fingerprint density at radius 3 is 2.79 bits per heavy atom. The number of aryl methyl sites for hydroxylation is 3. The standard InChI is InChI=1S/C15H19N3O/c1-4-8-18-9-7-14(17-18)16-15(19)13-6-5-11(2)10-12(13)3/h5-7,9-10H,4,8H2,1-3H3,(H,16,17,19). The zero-order valence-corrected chi connectivity index (χ0v) is 11.6. The summed E-state index contributed by atoms with van der Waals surface area (Å²) in [6.07, 6.45) is 2.90. The zero-order chi connectivity index (χ0) is 13.8. The number of nitrogens with zero attached hydrogens (tertiary/aromatic N) is 2. The minimum absolute atomic E-state index is 0.112. The number of rotatable bonds is 4. The number of carbonyl (C=O) groups is 1. The van der Waals surface area contributed by atoms with Crippen molar-refractivity contribution in [2.24, 2.45) is 0 Å². The van der Waals surface area contributed by atoms with Gasteiger partial charge in [-0.15, -0.1) is 0 Å². The molecule has 0 aliphatic rings. The van der Waals surface area contributed by atoms with Gasteiger partial charge < -0.3 is 5.32 Å². The summed E-state index contributed by atoms with van der Waals surface area (Å²) >= 11 is 0. The molecule has 1 heterocycles. The van der Waals surface area contributed by atoms with Gasteiger partial charge in [-0.25, -0.2) is 0 Å². The van der Waals surface area contributed by atoms with Crippen molar-refractivity contribution in [1.29, 1.82) is 0 Å². The molecule has 100 valence electrons. The molecule has 1 N–H and O–H groups in total. The van der Waals surface area contributed by atoms with Crippen LogP contribution in [0.4, 0.5) is 5.82 Å². The van der Waals surface area contributed by atoms with Gasteiger partial charge >= 0.3 is 0 Å². The van der Waals surface area contributed by atoms with Crippen molar-refractivity contribution in [3.8, 4) is 0 Å². The molecule has 0 saturated carbocycles. The van der Waals surface area contributed by atoms with Crippen LogP contribution in [0, 0.1) is 13.8 Å². The Bertz CT molecular complexity index is 587. The second kappa shape index (κ2) is 5.69. The Balaban J connectivity index is 2.11. The Morgan fingerprint density at radius 2 is 2.11 bits per heavy atom. The second-order valence-corrected chi connectivity index (χ2v) is 4.74. The number of anilines is 1. The molecular formula is C15H19N3O. The summed E-state index contributed by atoms with van der Waals surface area (Å²) in [5, 5.41) is 7.12. The number of benzene rings is 1. The molecule has 1 amide bonds. The number of aromatic nitrogens is 2. The van der Waals surface area contributed by atoms with Gasteiger partial charge in [0.25, 0.3) is 5.91 Å². The summed E-state index contributed by atoms with van der Waals surface area (Å²) in [5.74, 6) is 0.484. The first-order valence-corrected chi connectivity index (χ1v) is 6.52. The van der Waals surface area contributed by atoms with Crippen LogP contribution in [0.1, 0.15) is 34.8 Å². The van der Waals surface area contributed by atoms with Crippen LogP contribution >= 0.6 is 0 Å². The Kier molecular flexibility index (Phi) is 4.00. The Labute approximate surface area is 113 Å². The van der Waals surface area contributed by atoms with Crippen LogP contribution in [0.5, 0.6) is 0 Å². The third-order valence-electron chi connectivity index (χ3n) is 2.96. The molecule has 0 atom stereocenters. The summed E-state index contributed by atoms with van der Waals surface area (Å²) in [7, 11) is 0. The van der Waals surface area contributed by atoms with Crippen LogP contribution in [-0.4, -0.2) is 15.7 Å². The van der Waals surface area contributed by atoms with E-state index in [1.807, 2.05) is 49.0 Å². The molecule has 2 rings (SSSR count). The summed E-state index contributed by atoms with van der Waals surface area (Å²) < 4.78 is 1.83. The largest absolute Gasteiger partial charge is 0.305 e. The fraction of sp³-hybridized carbons (Fsp3) is 0.333. The van der Waals surface area contributed by atoms with Crippen molar-refractivity contribution in [3.63, 3.8) is 0 Å². The topological polar surface area (TPSA) is 46.9 Å². The maximum absolute atomic E-state index is 12.2. The van der Waals surface area contributed by atoms with E-state index in [2.05, 4.69) is 17.3 Å². The fourth-order valence-corrected chi connectivity index (χ4v) is 2.03. The highest BCUT2D eigenvalue weighted by Crippen LogP contribution is 2.13. The van der Waals surface area contributed by atoms with Crippen molar-refractivity contribution >= 4 is 11.7 Å². The first-order chi connectivity index (χ1) is 9.10. The maximum atomic E-state index is 12.2. The van der Waals surface area contributed by atoms with Crippen LogP contribution in [0.2, 0.25) is 0 Å². The predicted molar refractivity (Wildman–Crippen MR) is 76.4 cm³/mol. The average Bonchev–Trinajstić information content (AvgIpc) is 2.76. The van der Waals surface area contributed by atoms with Gasteiger partial charge in [0.1, 0.15) is 0 Å². The van der Waals surface area contributed by atoms with Gasteiger partial charge in [-0.3, -0.25) is 9.48 Å². The highest BCUT2D eigenvalue weighted by molar-refractivity contribution is 6.04. The quantitative estimate of drug-likeness (QED) is 0.914. The molecule has 0 fully saturated rings. The molecule has 0 radical (unpaired) electrons. The van der Waals surface area contributed by atoms with E-state index in [9.17, 15) is 4.79 Å². The van der Waals surface area contributed by atoms with Crippen LogP contribution in [0.15, 0.2) is 30.5 Å². The van der Waals surface area contributed by atoms with E-state index in [1.165, 1.54) is 0 Å². The molecule has 19 heavy (non-hydrogen) atoms. The minimum atomic E-state index is -0.112. The molecule has 1 aromatic carbocycles. The third kappa shape index (κ3) is 3.22. The van der Waals surface area contributed by atoms with E-state index in [0.717, 1.165) is 24.1 Å². The first-order valence-electron chi connectivity index (χ1n) is 6.52. The Hall–Kier alpha value is -2.10. The SMILES string of the molecule is CCCn1ccc(NC(=O)c2ccc(C)cc2C)n1. The number of amides is 1. The van der Waals surface area contributed by atoms with Crippen molar-refractivity contribution in [2.75, 3.05) is 5.32 Å². The van der Waals surface area contributed by atoms with E-state index < -0.39 is 0 Å². The highest BCUT2D eigenvalue weighted by atomic mass is 16.1. The molecular weight excluding hydrogens is 238 g/mol. The van der Waals surface area contributed by atoms with Crippen LogP contribution < -0.4 is 5.32 Å². The number of carbonyl (C=O) groups excluding carboxylic acids is 1. The monoisotopic (exact) mass is 257 g/mol. The van der Waals surface area contributed by atoms with Gasteiger partial charge in [-0.05, 0) is 31.9 Å². The van der Waals surface area contributed by atoms with E-state index in [1.54, 1.807) is 0 Å². The molecule has 0 aliphatic heterocycles. The summed E-state index contributed by atoms with van der Waals surface area (Å²) in [4.78, 5) is 12.2. The van der Waals surface area contributed by atoms with Crippen molar-refractivity contribution in [1.82, 2.24) is 9.78 Å². The molecule has 0 bridgehead atoms.